The first-order chi connectivity index (χ1) is 7.54. The van der Waals surface area contributed by atoms with E-state index in [-0.39, 0.29) is 6.04 Å². The minimum Gasteiger partial charge on any atom is -0.327 e. The van der Waals surface area contributed by atoms with Crippen molar-refractivity contribution in [2.24, 2.45) is 5.73 Å². The smallest absolute Gasteiger partial charge is 0.0448 e. The Morgan fingerprint density at radius 3 is 2.25 bits per heavy atom. The van der Waals surface area contributed by atoms with Gasteiger partial charge in [-0.2, -0.15) is 0 Å². The van der Waals surface area contributed by atoms with E-state index in [1.54, 1.807) is 0 Å². The standard InChI is InChI=1S/C13H20BrNS/c1-4-9(2)16-13(10(3)15)11-5-7-12(14)8-6-11/h5-10,13H,4,15H2,1-3H3. The summed E-state index contributed by atoms with van der Waals surface area (Å²) in [5, 5.41) is 1.04. The second-order valence-electron chi connectivity index (χ2n) is 4.19. The van der Waals surface area contributed by atoms with Gasteiger partial charge in [0.05, 0.1) is 0 Å². The minimum absolute atomic E-state index is 0.181. The van der Waals surface area contributed by atoms with Gasteiger partial charge >= 0.3 is 0 Å². The van der Waals surface area contributed by atoms with Crippen molar-refractivity contribution in [3.8, 4) is 0 Å². The van der Waals surface area contributed by atoms with Crippen molar-refractivity contribution in [3.63, 3.8) is 0 Å². The molecule has 1 aromatic rings. The molecule has 0 saturated carbocycles. The maximum Gasteiger partial charge on any atom is 0.0448 e. The average molecular weight is 302 g/mol. The summed E-state index contributed by atoms with van der Waals surface area (Å²) in [4.78, 5) is 0. The highest BCUT2D eigenvalue weighted by Crippen LogP contribution is 2.35. The van der Waals surface area contributed by atoms with Crippen molar-refractivity contribution in [2.45, 2.75) is 43.7 Å². The van der Waals surface area contributed by atoms with Crippen LogP contribution in [0.3, 0.4) is 0 Å². The van der Waals surface area contributed by atoms with Crippen LogP contribution < -0.4 is 5.73 Å². The van der Waals surface area contributed by atoms with Gasteiger partial charge in [-0.25, -0.2) is 0 Å². The van der Waals surface area contributed by atoms with Crippen LogP contribution in [0.1, 0.15) is 38.0 Å². The van der Waals surface area contributed by atoms with E-state index in [9.17, 15) is 0 Å². The molecule has 0 amide bonds. The number of hydrogen-bond donors (Lipinski definition) is 1. The second-order valence-corrected chi connectivity index (χ2v) is 6.69. The van der Waals surface area contributed by atoms with E-state index >= 15 is 0 Å². The van der Waals surface area contributed by atoms with Gasteiger partial charge in [0.25, 0.3) is 0 Å². The molecule has 0 aromatic heterocycles. The molecule has 0 saturated heterocycles. The number of hydrogen-bond acceptors (Lipinski definition) is 2. The summed E-state index contributed by atoms with van der Waals surface area (Å²) >= 11 is 5.43. The summed E-state index contributed by atoms with van der Waals surface area (Å²) in [5.41, 5.74) is 7.40. The van der Waals surface area contributed by atoms with E-state index in [2.05, 4.69) is 61.0 Å². The van der Waals surface area contributed by atoms with Crippen molar-refractivity contribution in [1.29, 1.82) is 0 Å². The summed E-state index contributed by atoms with van der Waals surface area (Å²) in [5.74, 6) is 0. The van der Waals surface area contributed by atoms with E-state index in [0.29, 0.717) is 10.5 Å². The number of benzene rings is 1. The first-order valence-electron chi connectivity index (χ1n) is 5.71. The SMILES string of the molecule is CCC(C)SC(c1ccc(Br)cc1)C(C)N. The Labute approximate surface area is 111 Å². The van der Waals surface area contributed by atoms with Crippen LogP contribution in [0.15, 0.2) is 28.7 Å². The van der Waals surface area contributed by atoms with E-state index in [4.69, 9.17) is 5.73 Å². The maximum absolute atomic E-state index is 6.08. The molecule has 3 heteroatoms. The lowest BCUT2D eigenvalue weighted by Gasteiger charge is -2.24. The molecule has 0 aliphatic heterocycles. The molecule has 0 radical (unpaired) electrons. The summed E-state index contributed by atoms with van der Waals surface area (Å²) < 4.78 is 1.12. The third-order valence-electron chi connectivity index (χ3n) is 2.63. The van der Waals surface area contributed by atoms with Gasteiger partial charge in [-0.05, 0) is 31.0 Å². The Morgan fingerprint density at radius 1 is 1.25 bits per heavy atom. The van der Waals surface area contributed by atoms with Crippen molar-refractivity contribution in [3.05, 3.63) is 34.3 Å². The quantitative estimate of drug-likeness (QED) is 0.874. The topological polar surface area (TPSA) is 26.0 Å². The zero-order valence-corrected chi connectivity index (χ0v) is 12.5. The Bertz CT molecular complexity index is 310. The Kier molecular flexibility index (Phi) is 5.87. The normalized spacial score (nSPS) is 16.8. The van der Waals surface area contributed by atoms with Crippen molar-refractivity contribution in [2.75, 3.05) is 0 Å². The van der Waals surface area contributed by atoms with Crippen molar-refractivity contribution >= 4 is 27.7 Å². The lowest BCUT2D eigenvalue weighted by Crippen LogP contribution is -2.24. The number of thioether (sulfide) groups is 1. The second kappa shape index (κ2) is 6.67. The summed E-state index contributed by atoms with van der Waals surface area (Å²) in [6, 6.07) is 8.67. The Morgan fingerprint density at radius 2 is 1.81 bits per heavy atom. The number of nitrogens with two attached hydrogens (primary N) is 1. The third-order valence-corrected chi connectivity index (χ3v) is 4.95. The van der Waals surface area contributed by atoms with Crippen molar-refractivity contribution in [1.82, 2.24) is 0 Å². The van der Waals surface area contributed by atoms with Crippen LogP contribution in [0.5, 0.6) is 0 Å². The molecular formula is C13H20BrNS. The zero-order valence-electron chi connectivity index (χ0n) is 10.1. The van der Waals surface area contributed by atoms with E-state index in [1.807, 2.05) is 11.8 Å². The maximum atomic E-state index is 6.08. The molecule has 0 aliphatic carbocycles. The lowest BCUT2D eigenvalue weighted by atomic mass is 10.1. The molecule has 3 atom stereocenters. The number of rotatable bonds is 5. The number of halogens is 1. The first-order valence-corrected chi connectivity index (χ1v) is 7.44. The fraction of sp³-hybridized carbons (Fsp3) is 0.538. The minimum atomic E-state index is 0.181. The molecule has 1 aromatic carbocycles. The average Bonchev–Trinajstić information content (AvgIpc) is 2.26. The third kappa shape index (κ3) is 4.11. The predicted octanol–water partition coefficient (Wildman–Crippen LogP) is 4.37. The van der Waals surface area contributed by atoms with Crippen LogP contribution in [0.25, 0.3) is 0 Å². The molecule has 0 heterocycles. The lowest BCUT2D eigenvalue weighted by molar-refractivity contribution is 0.715. The van der Waals surface area contributed by atoms with Crippen LogP contribution in [0, 0.1) is 0 Å². The largest absolute Gasteiger partial charge is 0.327 e. The zero-order chi connectivity index (χ0) is 12.1. The van der Waals surface area contributed by atoms with Crippen LogP contribution in [0.4, 0.5) is 0 Å². The summed E-state index contributed by atoms with van der Waals surface area (Å²) in [7, 11) is 0. The highest BCUT2D eigenvalue weighted by molar-refractivity contribution is 9.10. The Balaban J connectivity index is 2.81. The van der Waals surface area contributed by atoms with E-state index in [0.717, 1.165) is 4.47 Å². The highest BCUT2D eigenvalue weighted by atomic mass is 79.9. The van der Waals surface area contributed by atoms with Crippen LogP contribution >= 0.6 is 27.7 Å². The van der Waals surface area contributed by atoms with Crippen LogP contribution in [0.2, 0.25) is 0 Å². The molecule has 0 fully saturated rings. The van der Waals surface area contributed by atoms with Gasteiger partial charge in [-0.15, -0.1) is 11.8 Å². The van der Waals surface area contributed by atoms with Gasteiger partial charge in [-0.3, -0.25) is 0 Å². The molecule has 1 nitrogen and oxygen atoms in total. The molecule has 90 valence electrons. The van der Waals surface area contributed by atoms with E-state index < -0.39 is 0 Å². The molecule has 3 unspecified atom stereocenters. The molecule has 0 spiro atoms. The van der Waals surface area contributed by atoms with Gasteiger partial charge in [0.2, 0.25) is 0 Å². The van der Waals surface area contributed by atoms with Gasteiger partial charge in [0.15, 0.2) is 0 Å². The molecule has 1 rings (SSSR count). The molecular weight excluding hydrogens is 282 g/mol. The monoisotopic (exact) mass is 301 g/mol. The molecule has 0 aliphatic rings. The van der Waals surface area contributed by atoms with Crippen molar-refractivity contribution < 1.29 is 0 Å². The highest BCUT2D eigenvalue weighted by Gasteiger charge is 2.18. The molecule has 2 N–H and O–H groups in total. The fourth-order valence-corrected chi connectivity index (χ4v) is 3.02. The molecule has 0 bridgehead atoms. The van der Waals surface area contributed by atoms with Crippen LogP contribution in [-0.4, -0.2) is 11.3 Å². The fourth-order valence-electron chi connectivity index (χ4n) is 1.51. The Hall–Kier alpha value is 0.01000. The van der Waals surface area contributed by atoms with Gasteiger partial charge in [0.1, 0.15) is 0 Å². The first kappa shape index (κ1) is 14.1. The summed E-state index contributed by atoms with van der Waals surface area (Å²) in [6.45, 7) is 6.57. The van der Waals surface area contributed by atoms with Gasteiger partial charge in [-0.1, -0.05) is 41.9 Å². The molecule has 16 heavy (non-hydrogen) atoms. The summed E-state index contributed by atoms with van der Waals surface area (Å²) in [6.07, 6.45) is 1.18. The predicted molar refractivity (Wildman–Crippen MR) is 77.9 cm³/mol. The van der Waals surface area contributed by atoms with Gasteiger partial charge in [0, 0.05) is 21.0 Å². The van der Waals surface area contributed by atoms with Gasteiger partial charge < -0.3 is 5.73 Å². The van der Waals surface area contributed by atoms with Crippen LogP contribution in [-0.2, 0) is 0 Å². The van der Waals surface area contributed by atoms with E-state index in [1.165, 1.54) is 12.0 Å².